The van der Waals surface area contributed by atoms with E-state index < -0.39 is 0 Å². The van der Waals surface area contributed by atoms with Gasteiger partial charge in [0.05, 0.1) is 6.04 Å². The summed E-state index contributed by atoms with van der Waals surface area (Å²) in [6.07, 6.45) is 0. The lowest BCUT2D eigenvalue weighted by Gasteiger charge is -2.25. The van der Waals surface area contributed by atoms with Crippen LogP contribution < -0.4 is 10.6 Å². The lowest BCUT2D eigenvalue weighted by molar-refractivity contribution is 0.298. The van der Waals surface area contributed by atoms with E-state index >= 15 is 0 Å². The zero-order valence-corrected chi connectivity index (χ0v) is 10.8. The first-order chi connectivity index (χ1) is 7.65. The normalized spacial score (nSPS) is 12.2. The molecule has 1 aromatic rings. The average Bonchev–Trinajstić information content (AvgIpc) is 2.30. The van der Waals surface area contributed by atoms with Gasteiger partial charge in [0.15, 0.2) is 5.11 Å². The van der Waals surface area contributed by atoms with Gasteiger partial charge in [-0.05, 0) is 31.9 Å². The smallest absolute Gasteiger partial charge is 0.166 e. The van der Waals surface area contributed by atoms with Crippen LogP contribution in [0.1, 0.15) is 11.6 Å². The Morgan fingerprint density at radius 3 is 2.44 bits per heavy atom. The maximum Gasteiger partial charge on any atom is 0.166 e. The molecule has 0 aliphatic carbocycles. The van der Waals surface area contributed by atoms with Crippen molar-refractivity contribution in [2.45, 2.75) is 6.04 Å². The van der Waals surface area contributed by atoms with Gasteiger partial charge in [0.2, 0.25) is 0 Å². The van der Waals surface area contributed by atoms with Crippen molar-refractivity contribution in [3.05, 3.63) is 35.9 Å². The summed E-state index contributed by atoms with van der Waals surface area (Å²) >= 11 is 5.07. The minimum atomic E-state index is 0.326. The summed E-state index contributed by atoms with van der Waals surface area (Å²) in [6.45, 7) is 0.802. The fraction of sp³-hybridized carbons (Fsp3) is 0.417. The fourth-order valence-electron chi connectivity index (χ4n) is 1.55. The first-order valence-corrected chi connectivity index (χ1v) is 5.73. The lowest BCUT2D eigenvalue weighted by Crippen LogP contribution is -2.38. The number of likely N-dealkylation sites (N-methyl/N-ethyl adjacent to an activating group) is 1. The highest BCUT2D eigenvalue weighted by molar-refractivity contribution is 7.80. The average molecular weight is 237 g/mol. The Morgan fingerprint density at radius 2 is 1.94 bits per heavy atom. The number of nitrogens with zero attached hydrogens (tertiary/aromatic N) is 1. The molecular formula is C12H19N3S. The first-order valence-electron chi connectivity index (χ1n) is 5.32. The van der Waals surface area contributed by atoms with E-state index in [1.165, 1.54) is 5.56 Å². The van der Waals surface area contributed by atoms with E-state index in [9.17, 15) is 0 Å². The summed E-state index contributed by atoms with van der Waals surface area (Å²) in [4.78, 5) is 2.18. The summed E-state index contributed by atoms with van der Waals surface area (Å²) in [6, 6.07) is 10.7. The van der Waals surface area contributed by atoms with Crippen LogP contribution in [0.5, 0.6) is 0 Å². The third kappa shape index (κ3) is 3.79. The minimum Gasteiger partial charge on any atom is -0.366 e. The van der Waals surface area contributed by atoms with Crippen LogP contribution in [-0.4, -0.2) is 37.7 Å². The van der Waals surface area contributed by atoms with Crippen molar-refractivity contribution in [3.8, 4) is 0 Å². The third-order valence-corrected chi connectivity index (χ3v) is 2.84. The molecule has 0 bridgehead atoms. The van der Waals surface area contributed by atoms with Gasteiger partial charge in [-0.1, -0.05) is 30.3 Å². The maximum atomic E-state index is 5.07. The fourth-order valence-corrected chi connectivity index (χ4v) is 1.63. The van der Waals surface area contributed by atoms with Crippen LogP contribution in [0.25, 0.3) is 0 Å². The summed E-state index contributed by atoms with van der Waals surface area (Å²) < 4.78 is 0. The van der Waals surface area contributed by atoms with Crippen molar-refractivity contribution in [1.82, 2.24) is 15.5 Å². The Hall–Kier alpha value is -1.13. The second kappa shape index (κ2) is 6.45. The molecule has 1 rings (SSSR count). The topological polar surface area (TPSA) is 27.3 Å². The molecule has 0 aliphatic rings. The number of rotatable bonds is 4. The van der Waals surface area contributed by atoms with Crippen molar-refractivity contribution in [2.75, 3.05) is 27.7 Å². The molecule has 0 amide bonds. The van der Waals surface area contributed by atoms with Gasteiger partial charge in [-0.15, -0.1) is 0 Å². The zero-order chi connectivity index (χ0) is 12.0. The molecule has 88 valence electrons. The molecule has 0 spiro atoms. The summed E-state index contributed by atoms with van der Waals surface area (Å²) in [7, 11) is 5.96. The molecule has 1 atom stereocenters. The first kappa shape index (κ1) is 12.9. The Bertz CT molecular complexity index is 324. The number of hydrogen-bond acceptors (Lipinski definition) is 2. The van der Waals surface area contributed by atoms with Gasteiger partial charge in [-0.2, -0.15) is 0 Å². The summed E-state index contributed by atoms with van der Waals surface area (Å²) in [5.74, 6) is 0. The third-order valence-electron chi connectivity index (χ3n) is 2.49. The molecule has 2 N–H and O–H groups in total. The monoisotopic (exact) mass is 237 g/mol. The summed E-state index contributed by atoms with van der Waals surface area (Å²) in [5, 5.41) is 6.79. The summed E-state index contributed by atoms with van der Waals surface area (Å²) in [5.41, 5.74) is 1.29. The molecule has 0 unspecified atom stereocenters. The second-order valence-electron chi connectivity index (χ2n) is 3.85. The lowest BCUT2D eigenvalue weighted by atomic mass is 10.1. The van der Waals surface area contributed by atoms with E-state index in [1.807, 2.05) is 13.1 Å². The van der Waals surface area contributed by atoms with Crippen LogP contribution in [0.4, 0.5) is 0 Å². The Kier molecular flexibility index (Phi) is 5.22. The van der Waals surface area contributed by atoms with E-state index in [2.05, 4.69) is 53.9 Å². The molecule has 1 aromatic carbocycles. The standard InChI is InChI=1S/C12H19N3S/c1-13-12(16)14-9-11(15(2)3)10-7-5-4-6-8-10/h4-8,11H,9H2,1-3H3,(H2,13,14,16)/t11-/m0/s1. The molecule has 16 heavy (non-hydrogen) atoms. The second-order valence-corrected chi connectivity index (χ2v) is 4.26. The molecule has 0 radical (unpaired) electrons. The van der Waals surface area contributed by atoms with E-state index in [0.717, 1.165) is 6.54 Å². The van der Waals surface area contributed by atoms with Crippen molar-refractivity contribution >= 4 is 17.3 Å². The van der Waals surface area contributed by atoms with Crippen molar-refractivity contribution in [2.24, 2.45) is 0 Å². The Labute approximate surface area is 103 Å². The maximum absolute atomic E-state index is 5.07. The highest BCUT2D eigenvalue weighted by Gasteiger charge is 2.13. The molecule has 0 saturated carbocycles. The van der Waals surface area contributed by atoms with Gasteiger partial charge in [-0.3, -0.25) is 0 Å². The van der Waals surface area contributed by atoms with Crippen LogP contribution in [0, 0.1) is 0 Å². The van der Waals surface area contributed by atoms with Gasteiger partial charge >= 0.3 is 0 Å². The number of benzene rings is 1. The molecule has 4 heteroatoms. The number of thiocarbonyl (C=S) groups is 1. The van der Waals surface area contributed by atoms with Crippen molar-refractivity contribution in [3.63, 3.8) is 0 Å². The Balaban J connectivity index is 2.66. The van der Waals surface area contributed by atoms with Gasteiger partial charge < -0.3 is 15.5 Å². The van der Waals surface area contributed by atoms with E-state index in [-0.39, 0.29) is 0 Å². The van der Waals surface area contributed by atoms with Gasteiger partial charge in [-0.25, -0.2) is 0 Å². The van der Waals surface area contributed by atoms with Crippen LogP contribution in [-0.2, 0) is 0 Å². The van der Waals surface area contributed by atoms with Gasteiger partial charge in [0.1, 0.15) is 0 Å². The number of hydrogen-bond donors (Lipinski definition) is 2. The molecule has 0 heterocycles. The number of nitrogens with one attached hydrogen (secondary N) is 2. The minimum absolute atomic E-state index is 0.326. The highest BCUT2D eigenvalue weighted by atomic mass is 32.1. The molecular weight excluding hydrogens is 218 g/mol. The van der Waals surface area contributed by atoms with E-state index in [0.29, 0.717) is 11.2 Å². The van der Waals surface area contributed by atoms with Crippen LogP contribution in [0.3, 0.4) is 0 Å². The molecule has 0 fully saturated rings. The van der Waals surface area contributed by atoms with Crippen LogP contribution in [0.15, 0.2) is 30.3 Å². The van der Waals surface area contributed by atoms with Crippen LogP contribution in [0.2, 0.25) is 0 Å². The Morgan fingerprint density at radius 1 is 1.31 bits per heavy atom. The quantitative estimate of drug-likeness (QED) is 0.774. The largest absolute Gasteiger partial charge is 0.366 e. The molecule has 0 saturated heterocycles. The predicted molar refractivity (Wildman–Crippen MR) is 72.5 cm³/mol. The van der Waals surface area contributed by atoms with E-state index in [4.69, 9.17) is 12.2 Å². The predicted octanol–water partition coefficient (Wildman–Crippen LogP) is 1.38. The van der Waals surface area contributed by atoms with Gasteiger partial charge in [0, 0.05) is 13.6 Å². The van der Waals surface area contributed by atoms with Crippen LogP contribution >= 0.6 is 12.2 Å². The molecule has 0 aromatic heterocycles. The van der Waals surface area contributed by atoms with E-state index in [1.54, 1.807) is 0 Å². The van der Waals surface area contributed by atoms with Crippen molar-refractivity contribution in [1.29, 1.82) is 0 Å². The SMILES string of the molecule is CNC(=S)NC[C@@H](c1ccccc1)N(C)C. The molecule has 0 aliphatic heterocycles. The zero-order valence-electron chi connectivity index (χ0n) is 10.0. The molecule has 3 nitrogen and oxygen atoms in total. The highest BCUT2D eigenvalue weighted by Crippen LogP contribution is 2.16. The van der Waals surface area contributed by atoms with Gasteiger partial charge in [0.25, 0.3) is 0 Å². The van der Waals surface area contributed by atoms with Crippen molar-refractivity contribution < 1.29 is 0 Å².